The Morgan fingerprint density at radius 2 is 2.28 bits per heavy atom. The van der Waals surface area contributed by atoms with Gasteiger partial charge in [0, 0.05) is 25.0 Å². The summed E-state index contributed by atoms with van der Waals surface area (Å²) >= 11 is 3.23. The molecule has 0 aliphatic carbocycles. The third-order valence-corrected chi connectivity index (χ3v) is 3.55. The molecule has 0 bridgehead atoms. The molecule has 1 amide bonds. The number of ether oxygens (including phenoxy) is 1. The van der Waals surface area contributed by atoms with Crippen molar-refractivity contribution in [1.82, 2.24) is 10.3 Å². The normalized spacial score (nSPS) is 18.3. The van der Waals surface area contributed by atoms with E-state index in [1.54, 1.807) is 18.3 Å². The number of amides is 1. The van der Waals surface area contributed by atoms with Gasteiger partial charge < -0.3 is 15.2 Å². The number of hydrogen-bond donors (Lipinski definition) is 2. The molecule has 2 rings (SSSR count). The van der Waals surface area contributed by atoms with Crippen LogP contribution in [-0.4, -0.2) is 41.4 Å². The zero-order valence-electron chi connectivity index (χ0n) is 9.86. The molecular weight excluding hydrogens is 300 g/mol. The maximum Gasteiger partial charge on any atom is 0.251 e. The Morgan fingerprint density at radius 1 is 1.56 bits per heavy atom. The number of halogens is 1. The monoisotopic (exact) mass is 314 g/mol. The minimum absolute atomic E-state index is 0.0750. The summed E-state index contributed by atoms with van der Waals surface area (Å²) in [5.74, 6) is -0.200. The van der Waals surface area contributed by atoms with Crippen LogP contribution in [0.2, 0.25) is 0 Å². The van der Waals surface area contributed by atoms with Gasteiger partial charge in [-0.25, -0.2) is 4.98 Å². The summed E-state index contributed by atoms with van der Waals surface area (Å²) in [6, 6.07) is 3.30. The Labute approximate surface area is 114 Å². The molecule has 1 aliphatic rings. The minimum atomic E-state index is -0.564. The number of pyridine rings is 1. The van der Waals surface area contributed by atoms with Crippen LogP contribution in [0.5, 0.6) is 0 Å². The molecule has 1 saturated heterocycles. The molecule has 6 heteroatoms. The van der Waals surface area contributed by atoms with Gasteiger partial charge in [0.1, 0.15) is 4.60 Å². The van der Waals surface area contributed by atoms with Crippen LogP contribution < -0.4 is 5.32 Å². The predicted octanol–water partition coefficient (Wildman–Crippen LogP) is 1.12. The largest absolute Gasteiger partial charge is 0.394 e. The van der Waals surface area contributed by atoms with Crippen LogP contribution in [0.4, 0.5) is 0 Å². The van der Waals surface area contributed by atoms with Crippen molar-refractivity contribution in [1.29, 1.82) is 0 Å². The summed E-state index contributed by atoms with van der Waals surface area (Å²) in [7, 11) is 0. The number of hydrogen-bond acceptors (Lipinski definition) is 4. The second kappa shape index (κ2) is 5.77. The van der Waals surface area contributed by atoms with Gasteiger partial charge in [-0.15, -0.1) is 0 Å². The average molecular weight is 315 g/mol. The molecule has 98 valence electrons. The van der Waals surface area contributed by atoms with E-state index in [1.165, 1.54) is 0 Å². The zero-order valence-corrected chi connectivity index (χ0v) is 11.4. The summed E-state index contributed by atoms with van der Waals surface area (Å²) in [5.41, 5.74) is -0.0402. The standard InChI is InChI=1S/C12H15BrN2O3/c13-10-7-9(1-4-14-10)11(17)15-12(8-16)2-5-18-6-3-12/h1,4,7,16H,2-3,5-6,8H2,(H,15,17). The highest BCUT2D eigenvalue weighted by atomic mass is 79.9. The van der Waals surface area contributed by atoms with Gasteiger partial charge in [0.05, 0.1) is 12.1 Å². The van der Waals surface area contributed by atoms with Crippen LogP contribution in [0.1, 0.15) is 23.2 Å². The van der Waals surface area contributed by atoms with Gasteiger partial charge in [0.15, 0.2) is 0 Å². The Bertz CT molecular complexity index is 433. The van der Waals surface area contributed by atoms with Crippen molar-refractivity contribution in [2.75, 3.05) is 19.8 Å². The van der Waals surface area contributed by atoms with Crippen molar-refractivity contribution in [3.63, 3.8) is 0 Å². The van der Waals surface area contributed by atoms with Crippen molar-refractivity contribution in [3.05, 3.63) is 28.5 Å². The van der Waals surface area contributed by atoms with Crippen LogP contribution in [0, 0.1) is 0 Å². The second-order valence-corrected chi connectivity index (χ2v) is 5.18. The highest BCUT2D eigenvalue weighted by molar-refractivity contribution is 9.10. The first-order chi connectivity index (χ1) is 8.65. The van der Waals surface area contributed by atoms with Gasteiger partial charge in [0.25, 0.3) is 5.91 Å². The van der Waals surface area contributed by atoms with Crippen molar-refractivity contribution in [2.24, 2.45) is 0 Å². The number of rotatable bonds is 3. The highest BCUT2D eigenvalue weighted by Gasteiger charge is 2.33. The summed E-state index contributed by atoms with van der Waals surface area (Å²) in [4.78, 5) is 16.1. The number of carbonyl (C=O) groups excluding carboxylic acids is 1. The van der Waals surface area contributed by atoms with E-state index in [4.69, 9.17) is 4.74 Å². The third-order valence-electron chi connectivity index (χ3n) is 3.12. The molecule has 1 aliphatic heterocycles. The molecule has 0 aromatic carbocycles. The first-order valence-electron chi connectivity index (χ1n) is 5.78. The molecule has 0 spiro atoms. The Morgan fingerprint density at radius 3 is 2.89 bits per heavy atom. The molecule has 1 aromatic heterocycles. The maximum atomic E-state index is 12.1. The van der Waals surface area contributed by atoms with Crippen molar-refractivity contribution >= 4 is 21.8 Å². The number of aliphatic hydroxyl groups is 1. The Balaban J connectivity index is 2.10. The molecule has 18 heavy (non-hydrogen) atoms. The van der Waals surface area contributed by atoms with E-state index in [0.717, 1.165) is 0 Å². The molecule has 0 atom stereocenters. The van der Waals surface area contributed by atoms with Crippen LogP contribution in [0.3, 0.4) is 0 Å². The average Bonchev–Trinajstić information content (AvgIpc) is 2.40. The molecule has 2 heterocycles. The quantitative estimate of drug-likeness (QED) is 0.820. The first-order valence-corrected chi connectivity index (χ1v) is 6.57. The molecule has 5 nitrogen and oxygen atoms in total. The molecule has 1 fully saturated rings. The first kappa shape index (κ1) is 13.5. The van der Waals surface area contributed by atoms with E-state index in [9.17, 15) is 9.90 Å². The van der Waals surface area contributed by atoms with Crippen molar-refractivity contribution < 1.29 is 14.6 Å². The number of nitrogens with zero attached hydrogens (tertiary/aromatic N) is 1. The molecule has 0 radical (unpaired) electrons. The SMILES string of the molecule is O=C(NC1(CO)CCOCC1)c1ccnc(Br)c1. The third kappa shape index (κ3) is 3.07. The molecule has 2 N–H and O–H groups in total. The second-order valence-electron chi connectivity index (χ2n) is 4.37. The molecule has 1 aromatic rings. The zero-order chi connectivity index (χ0) is 13.0. The fourth-order valence-electron chi connectivity index (χ4n) is 1.94. The maximum absolute atomic E-state index is 12.1. The van der Waals surface area contributed by atoms with Gasteiger partial charge in [0.2, 0.25) is 0 Å². The Hall–Kier alpha value is -0.980. The van der Waals surface area contributed by atoms with E-state index < -0.39 is 5.54 Å². The number of nitrogens with one attached hydrogen (secondary N) is 1. The van der Waals surface area contributed by atoms with Gasteiger partial charge in [-0.1, -0.05) is 0 Å². The molecule has 0 unspecified atom stereocenters. The lowest BCUT2D eigenvalue weighted by Crippen LogP contribution is -2.54. The molecule has 0 saturated carbocycles. The fourth-order valence-corrected chi connectivity index (χ4v) is 2.31. The summed E-state index contributed by atoms with van der Waals surface area (Å²) in [6.07, 6.45) is 2.82. The lowest BCUT2D eigenvalue weighted by atomic mass is 9.90. The lowest BCUT2D eigenvalue weighted by molar-refractivity contribution is 0.0125. The fraction of sp³-hybridized carbons (Fsp3) is 0.500. The van der Waals surface area contributed by atoms with Crippen molar-refractivity contribution in [3.8, 4) is 0 Å². The van der Waals surface area contributed by atoms with Crippen LogP contribution in [0.15, 0.2) is 22.9 Å². The van der Waals surface area contributed by atoms with Crippen molar-refractivity contribution in [2.45, 2.75) is 18.4 Å². The van der Waals surface area contributed by atoms with Crippen LogP contribution in [-0.2, 0) is 4.74 Å². The van der Waals surface area contributed by atoms with Crippen LogP contribution >= 0.6 is 15.9 Å². The smallest absolute Gasteiger partial charge is 0.251 e. The van der Waals surface area contributed by atoms with E-state index in [2.05, 4.69) is 26.2 Å². The predicted molar refractivity (Wildman–Crippen MR) is 69.3 cm³/mol. The van der Waals surface area contributed by atoms with Gasteiger partial charge in [-0.05, 0) is 40.9 Å². The molecular formula is C12H15BrN2O3. The van der Waals surface area contributed by atoms with Gasteiger partial charge in [-0.3, -0.25) is 4.79 Å². The minimum Gasteiger partial charge on any atom is -0.394 e. The number of aromatic nitrogens is 1. The van der Waals surface area contributed by atoms with Gasteiger partial charge in [-0.2, -0.15) is 0 Å². The van der Waals surface area contributed by atoms with E-state index in [-0.39, 0.29) is 12.5 Å². The number of carbonyl (C=O) groups is 1. The van der Waals surface area contributed by atoms with E-state index in [1.807, 2.05) is 0 Å². The highest BCUT2D eigenvalue weighted by Crippen LogP contribution is 2.21. The Kier molecular flexibility index (Phi) is 4.31. The van der Waals surface area contributed by atoms with E-state index >= 15 is 0 Å². The van der Waals surface area contributed by atoms with Gasteiger partial charge >= 0.3 is 0 Å². The summed E-state index contributed by atoms with van der Waals surface area (Å²) < 4.78 is 5.86. The summed E-state index contributed by atoms with van der Waals surface area (Å²) in [6.45, 7) is 1.04. The topological polar surface area (TPSA) is 71.5 Å². The summed E-state index contributed by atoms with van der Waals surface area (Å²) in [5, 5.41) is 12.4. The lowest BCUT2D eigenvalue weighted by Gasteiger charge is -2.36. The number of aliphatic hydroxyl groups excluding tert-OH is 1. The van der Waals surface area contributed by atoms with E-state index in [0.29, 0.717) is 36.2 Å². The van der Waals surface area contributed by atoms with Crippen LogP contribution in [0.25, 0.3) is 0 Å².